The van der Waals surface area contributed by atoms with Crippen LogP contribution < -0.4 is 10.5 Å². The van der Waals surface area contributed by atoms with Gasteiger partial charge in [-0.05, 0) is 46.2 Å². The van der Waals surface area contributed by atoms with Crippen LogP contribution in [0.4, 0.5) is 16.5 Å². The summed E-state index contributed by atoms with van der Waals surface area (Å²) in [5.41, 5.74) is 2.72. The first kappa shape index (κ1) is 17.2. The molecule has 4 rings (SSSR count). The quantitative estimate of drug-likeness (QED) is 0.280. The highest BCUT2D eigenvalue weighted by atomic mass is 127. The molecular weight excluding hydrogens is 461 g/mol. The van der Waals surface area contributed by atoms with Crippen molar-refractivity contribution in [1.82, 2.24) is 4.98 Å². The molecular formula is C19H13IN3O2S-. The average Bonchev–Trinajstić information content (AvgIpc) is 3.11. The molecule has 1 aromatic heterocycles. The molecule has 1 heterocycles. The van der Waals surface area contributed by atoms with Crippen molar-refractivity contribution in [3.05, 3.63) is 74.8 Å². The summed E-state index contributed by atoms with van der Waals surface area (Å²) >= 11 is 3.50. The number of hydrogen-bond donors (Lipinski definition) is 2. The Kier molecular flexibility index (Phi) is 4.77. The molecule has 7 heteroatoms. The molecule has 0 spiro atoms. The van der Waals surface area contributed by atoms with Crippen molar-refractivity contribution in [3.63, 3.8) is 0 Å². The van der Waals surface area contributed by atoms with Crippen LogP contribution >= 0.6 is 33.9 Å². The summed E-state index contributed by atoms with van der Waals surface area (Å²) in [6.45, 7) is 0. The number of nitrogens with one attached hydrogen (secondary N) is 1. The smallest absolute Gasteiger partial charge is 0.187 e. The van der Waals surface area contributed by atoms with E-state index in [4.69, 9.17) is 0 Å². The maximum absolute atomic E-state index is 11.3. The molecule has 0 atom stereocenters. The van der Waals surface area contributed by atoms with E-state index in [2.05, 4.69) is 28.5 Å². The van der Waals surface area contributed by atoms with Crippen LogP contribution in [0.2, 0.25) is 0 Å². The van der Waals surface area contributed by atoms with Gasteiger partial charge < -0.3 is 15.8 Å². The molecule has 4 aromatic rings. The summed E-state index contributed by atoms with van der Waals surface area (Å²) in [5.74, 6) is 0. The lowest BCUT2D eigenvalue weighted by atomic mass is 10.1. The van der Waals surface area contributed by atoms with Crippen molar-refractivity contribution in [2.45, 2.75) is 0 Å². The first-order valence-electron chi connectivity index (χ1n) is 7.78. The van der Waals surface area contributed by atoms with Gasteiger partial charge in [-0.2, -0.15) is 0 Å². The van der Waals surface area contributed by atoms with Crippen molar-refractivity contribution in [2.75, 3.05) is 10.5 Å². The average molecular weight is 474 g/mol. The second-order valence-corrected chi connectivity index (χ2v) is 7.65. The van der Waals surface area contributed by atoms with Gasteiger partial charge in [-0.1, -0.05) is 42.5 Å². The number of anilines is 3. The lowest BCUT2D eigenvalue weighted by Crippen LogP contribution is -2.08. The molecule has 5 nitrogen and oxygen atoms in total. The number of benzene rings is 3. The minimum Gasteiger partial charge on any atom is -0.733 e. The highest BCUT2D eigenvalue weighted by molar-refractivity contribution is 14.1. The molecule has 0 amide bonds. The Balaban J connectivity index is 1.65. The van der Waals surface area contributed by atoms with Crippen LogP contribution in [0.15, 0.2) is 66.0 Å². The molecule has 26 heavy (non-hydrogen) atoms. The molecule has 0 saturated heterocycles. The van der Waals surface area contributed by atoms with Crippen molar-refractivity contribution in [2.24, 2.45) is 0 Å². The van der Waals surface area contributed by atoms with Crippen LogP contribution in [0, 0.1) is 8.78 Å². The summed E-state index contributed by atoms with van der Waals surface area (Å²) in [6, 6.07) is 19.6. The minimum absolute atomic E-state index is 0.118. The topological polar surface area (TPSA) is 71.5 Å². The molecule has 0 radical (unpaired) electrons. The Morgan fingerprint density at radius 1 is 1.08 bits per heavy atom. The number of halogens is 1. The van der Waals surface area contributed by atoms with Crippen LogP contribution in [0.3, 0.4) is 0 Å². The van der Waals surface area contributed by atoms with Gasteiger partial charge in [0.05, 0.1) is 11.4 Å². The third-order valence-electron chi connectivity index (χ3n) is 3.98. The predicted molar refractivity (Wildman–Crippen MR) is 115 cm³/mol. The SMILES string of the molecule is [O-]N(O)c1cc(-c2csc(Nc3cccc4ccccc34)n2)ccc1I. The standard InChI is InChI=1S/C19H13IN3O2S/c20-15-9-8-13(10-18(15)23(24)25)17-11-26-19(22-17)21-16-7-3-5-12-4-1-2-6-14(12)16/h1-11,24H,(H,21,22)/q-1. The molecule has 0 unspecified atom stereocenters. The van der Waals surface area contributed by atoms with E-state index in [-0.39, 0.29) is 10.9 Å². The van der Waals surface area contributed by atoms with E-state index in [1.54, 1.807) is 12.1 Å². The van der Waals surface area contributed by atoms with Gasteiger partial charge in [0.25, 0.3) is 0 Å². The molecule has 2 N–H and O–H groups in total. The fourth-order valence-electron chi connectivity index (χ4n) is 2.73. The Bertz CT molecular complexity index is 1080. The lowest BCUT2D eigenvalue weighted by Gasteiger charge is -2.23. The van der Waals surface area contributed by atoms with Crippen LogP contribution in [0.1, 0.15) is 0 Å². The molecule has 130 valence electrons. The van der Waals surface area contributed by atoms with E-state index in [1.807, 2.05) is 58.3 Å². The van der Waals surface area contributed by atoms with E-state index in [0.717, 1.165) is 32.8 Å². The van der Waals surface area contributed by atoms with Gasteiger partial charge >= 0.3 is 0 Å². The van der Waals surface area contributed by atoms with Gasteiger partial charge in [0.2, 0.25) is 0 Å². The number of aromatic nitrogens is 1. The molecule has 0 aliphatic heterocycles. The lowest BCUT2D eigenvalue weighted by molar-refractivity contribution is 0.296. The maximum Gasteiger partial charge on any atom is 0.187 e. The number of fused-ring (bicyclic) bond motifs is 1. The Morgan fingerprint density at radius 3 is 2.73 bits per heavy atom. The van der Waals surface area contributed by atoms with E-state index < -0.39 is 0 Å². The van der Waals surface area contributed by atoms with Gasteiger partial charge in [-0.3, -0.25) is 5.21 Å². The van der Waals surface area contributed by atoms with Crippen molar-refractivity contribution < 1.29 is 5.21 Å². The number of hydrogen-bond acceptors (Lipinski definition) is 6. The zero-order valence-electron chi connectivity index (χ0n) is 13.4. The van der Waals surface area contributed by atoms with Crippen LogP contribution in [-0.2, 0) is 0 Å². The summed E-state index contributed by atoms with van der Waals surface area (Å²) in [4.78, 5) is 4.62. The van der Waals surface area contributed by atoms with Gasteiger partial charge in [-0.25, -0.2) is 4.98 Å². The zero-order valence-corrected chi connectivity index (χ0v) is 16.4. The van der Waals surface area contributed by atoms with Crippen molar-refractivity contribution >= 4 is 61.2 Å². The number of thiazole rings is 1. The molecule has 0 aliphatic rings. The molecule has 3 aromatic carbocycles. The van der Waals surface area contributed by atoms with Gasteiger partial charge in [0, 0.05) is 25.6 Å². The first-order chi connectivity index (χ1) is 12.6. The maximum atomic E-state index is 11.3. The number of nitrogens with zero attached hydrogens (tertiary/aromatic N) is 2. The summed E-state index contributed by atoms with van der Waals surface area (Å²) < 4.78 is 0.674. The van der Waals surface area contributed by atoms with Crippen molar-refractivity contribution in [3.8, 4) is 11.3 Å². The zero-order chi connectivity index (χ0) is 18.1. The predicted octanol–water partition coefficient (Wildman–Crippen LogP) is 6.00. The van der Waals surface area contributed by atoms with E-state index in [9.17, 15) is 10.4 Å². The minimum atomic E-state index is -0.118. The second kappa shape index (κ2) is 7.20. The summed E-state index contributed by atoms with van der Waals surface area (Å²) in [6.07, 6.45) is 0. The Morgan fingerprint density at radius 2 is 1.88 bits per heavy atom. The van der Waals surface area contributed by atoms with E-state index >= 15 is 0 Å². The van der Waals surface area contributed by atoms with Crippen LogP contribution in [0.25, 0.3) is 22.0 Å². The molecule has 0 bridgehead atoms. The van der Waals surface area contributed by atoms with Crippen LogP contribution in [0.5, 0.6) is 0 Å². The van der Waals surface area contributed by atoms with Crippen LogP contribution in [-0.4, -0.2) is 10.2 Å². The molecule has 0 aliphatic carbocycles. The third kappa shape index (κ3) is 3.38. The summed E-state index contributed by atoms with van der Waals surface area (Å²) in [7, 11) is 0. The Labute approximate surface area is 167 Å². The summed E-state index contributed by atoms with van der Waals surface area (Å²) in [5, 5.41) is 28.7. The largest absolute Gasteiger partial charge is 0.733 e. The van der Waals surface area contributed by atoms with E-state index in [1.165, 1.54) is 11.3 Å². The van der Waals surface area contributed by atoms with Gasteiger partial charge in [0.15, 0.2) is 5.13 Å². The van der Waals surface area contributed by atoms with Gasteiger partial charge in [-0.15, -0.1) is 11.3 Å². The van der Waals surface area contributed by atoms with Gasteiger partial charge in [0.1, 0.15) is 0 Å². The monoisotopic (exact) mass is 474 g/mol. The fraction of sp³-hybridized carbons (Fsp3) is 0. The third-order valence-corrected chi connectivity index (χ3v) is 5.65. The Hall–Kier alpha value is -2.20. The second-order valence-electron chi connectivity index (χ2n) is 5.63. The first-order valence-corrected chi connectivity index (χ1v) is 9.74. The molecule has 0 fully saturated rings. The normalized spacial score (nSPS) is 10.9. The van der Waals surface area contributed by atoms with Crippen molar-refractivity contribution in [1.29, 1.82) is 0 Å². The fourth-order valence-corrected chi connectivity index (χ4v) is 4.01. The highest BCUT2D eigenvalue weighted by Crippen LogP contribution is 2.33. The molecule has 0 saturated carbocycles. The highest BCUT2D eigenvalue weighted by Gasteiger charge is 2.09. The van der Waals surface area contributed by atoms with E-state index in [0.29, 0.717) is 3.57 Å². The number of rotatable bonds is 4.